The average molecular weight is 386 g/mol. The molecule has 1 fully saturated rings. The lowest BCUT2D eigenvalue weighted by Gasteiger charge is -2.26. The Morgan fingerprint density at radius 1 is 1.25 bits per heavy atom. The number of guanidine groups is 1. The van der Waals surface area contributed by atoms with E-state index in [0.29, 0.717) is 30.6 Å². The van der Waals surface area contributed by atoms with Crippen molar-refractivity contribution in [3.05, 3.63) is 42.4 Å². The predicted octanol–water partition coefficient (Wildman–Crippen LogP) is 3.51. The van der Waals surface area contributed by atoms with Crippen LogP contribution in [0, 0.1) is 0 Å². The number of ether oxygens (including phenoxy) is 2. The zero-order valence-corrected chi connectivity index (χ0v) is 16.9. The normalized spacial score (nSPS) is 16.0. The second-order valence-electron chi connectivity index (χ2n) is 6.65. The maximum absolute atomic E-state index is 5.69. The van der Waals surface area contributed by atoms with E-state index in [9.17, 15) is 0 Å². The first-order valence-electron chi connectivity index (χ1n) is 9.81. The van der Waals surface area contributed by atoms with Gasteiger partial charge < -0.3 is 24.5 Å². The Morgan fingerprint density at radius 3 is 2.71 bits per heavy atom. The highest BCUT2D eigenvalue weighted by Gasteiger charge is 2.25. The van der Waals surface area contributed by atoms with Gasteiger partial charge in [-0.25, -0.2) is 0 Å². The summed E-state index contributed by atoms with van der Waals surface area (Å²) < 4.78 is 16.7. The molecule has 2 N–H and O–H groups in total. The third kappa shape index (κ3) is 4.98. The van der Waals surface area contributed by atoms with Crippen molar-refractivity contribution >= 4 is 11.6 Å². The minimum absolute atomic E-state index is 0.186. The topological polar surface area (TPSA) is 71.3 Å². The van der Waals surface area contributed by atoms with Gasteiger partial charge in [0.15, 0.2) is 17.5 Å². The predicted molar refractivity (Wildman–Crippen MR) is 111 cm³/mol. The standard InChI is InChI=1S/C21H30N4O3/c1-4-27-20-14-16(9-10-19(20)26-3)24-21(22-2)23-15-17(18-8-7-13-28-18)25-11-5-6-12-25/h7-10,13-14,17H,4-6,11-12,15H2,1-3H3,(H2,22,23,24). The van der Waals surface area contributed by atoms with Crippen molar-refractivity contribution in [1.82, 2.24) is 10.2 Å². The van der Waals surface area contributed by atoms with Crippen molar-refractivity contribution in [2.45, 2.75) is 25.8 Å². The molecule has 152 valence electrons. The first-order chi connectivity index (χ1) is 13.7. The molecule has 0 saturated carbocycles. The Labute approximate surface area is 166 Å². The van der Waals surface area contributed by atoms with Crippen LogP contribution in [0.3, 0.4) is 0 Å². The van der Waals surface area contributed by atoms with Gasteiger partial charge in [-0.2, -0.15) is 0 Å². The molecule has 1 aliphatic heterocycles. The maximum Gasteiger partial charge on any atom is 0.195 e. The van der Waals surface area contributed by atoms with Crippen molar-refractivity contribution in [3.63, 3.8) is 0 Å². The fraction of sp³-hybridized carbons (Fsp3) is 0.476. The molecule has 1 aromatic carbocycles. The van der Waals surface area contributed by atoms with Gasteiger partial charge in [0, 0.05) is 25.3 Å². The molecule has 0 bridgehead atoms. The summed E-state index contributed by atoms with van der Waals surface area (Å²) in [6.45, 7) is 5.42. The summed E-state index contributed by atoms with van der Waals surface area (Å²) in [4.78, 5) is 6.81. The maximum atomic E-state index is 5.69. The summed E-state index contributed by atoms with van der Waals surface area (Å²) >= 11 is 0. The molecule has 7 heteroatoms. The highest BCUT2D eigenvalue weighted by atomic mass is 16.5. The van der Waals surface area contributed by atoms with Gasteiger partial charge in [-0.1, -0.05) is 0 Å². The van der Waals surface area contributed by atoms with E-state index in [1.807, 2.05) is 37.3 Å². The van der Waals surface area contributed by atoms with Gasteiger partial charge in [-0.15, -0.1) is 0 Å². The molecule has 0 radical (unpaired) electrons. The highest BCUT2D eigenvalue weighted by Crippen LogP contribution is 2.30. The largest absolute Gasteiger partial charge is 0.493 e. The first-order valence-corrected chi connectivity index (χ1v) is 9.81. The number of anilines is 1. The minimum Gasteiger partial charge on any atom is -0.493 e. The van der Waals surface area contributed by atoms with E-state index >= 15 is 0 Å². The third-order valence-corrected chi connectivity index (χ3v) is 4.87. The van der Waals surface area contributed by atoms with Gasteiger partial charge >= 0.3 is 0 Å². The summed E-state index contributed by atoms with van der Waals surface area (Å²) in [6, 6.07) is 9.91. The van der Waals surface area contributed by atoms with Crippen LogP contribution in [0.4, 0.5) is 5.69 Å². The number of nitrogens with one attached hydrogen (secondary N) is 2. The van der Waals surface area contributed by atoms with Gasteiger partial charge in [0.05, 0.1) is 26.0 Å². The summed E-state index contributed by atoms with van der Waals surface area (Å²) in [5.41, 5.74) is 0.882. The smallest absolute Gasteiger partial charge is 0.195 e. The number of hydrogen-bond donors (Lipinski definition) is 2. The molecule has 0 aliphatic carbocycles. The van der Waals surface area contributed by atoms with Crippen LogP contribution in [0.5, 0.6) is 11.5 Å². The van der Waals surface area contributed by atoms with E-state index in [-0.39, 0.29) is 6.04 Å². The lowest BCUT2D eigenvalue weighted by atomic mass is 10.2. The second kappa shape index (κ2) is 10.0. The number of aliphatic imine (C=N–C) groups is 1. The van der Waals surface area contributed by atoms with Crippen LogP contribution in [0.15, 0.2) is 46.0 Å². The molecular weight excluding hydrogens is 356 g/mol. The van der Waals surface area contributed by atoms with Crippen LogP contribution in [-0.2, 0) is 0 Å². The van der Waals surface area contributed by atoms with Crippen molar-refractivity contribution in [2.75, 3.05) is 45.7 Å². The van der Waals surface area contributed by atoms with E-state index in [4.69, 9.17) is 13.9 Å². The lowest BCUT2D eigenvalue weighted by molar-refractivity contribution is 0.216. The van der Waals surface area contributed by atoms with Crippen molar-refractivity contribution in [2.24, 2.45) is 4.99 Å². The van der Waals surface area contributed by atoms with Crippen LogP contribution in [0.2, 0.25) is 0 Å². The van der Waals surface area contributed by atoms with E-state index in [2.05, 4.69) is 20.5 Å². The second-order valence-corrected chi connectivity index (χ2v) is 6.65. The zero-order chi connectivity index (χ0) is 19.8. The molecule has 1 saturated heterocycles. The average Bonchev–Trinajstić information content (AvgIpc) is 3.42. The van der Waals surface area contributed by atoms with Gasteiger partial charge in [-0.3, -0.25) is 9.89 Å². The SMILES string of the molecule is CCOc1cc(NC(=NC)NCC(c2ccco2)N2CCCC2)ccc1OC. The Balaban J connectivity index is 1.66. The molecule has 28 heavy (non-hydrogen) atoms. The molecular formula is C21H30N4O3. The van der Waals surface area contributed by atoms with Gasteiger partial charge in [0.2, 0.25) is 0 Å². The Hall–Kier alpha value is -2.67. The molecule has 2 heterocycles. The van der Waals surface area contributed by atoms with Crippen LogP contribution in [0.25, 0.3) is 0 Å². The molecule has 2 aromatic rings. The van der Waals surface area contributed by atoms with E-state index in [0.717, 1.165) is 24.5 Å². The number of likely N-dealkylation sites (tertiary alicyclic amines) is 1. The van der Waals surface area contributed by atoms with Crippen molar-refractivity contribution in [3.8, 4) is 11.5 Å². The van der Waals surface area contributed by atoms with Gasteiger partial charge in [0.25, 0.3) is 0 Å². The molecule has 1 aromatic heterocycles. The minimum atomic E-state index is 0.186. The van der Waals surface area contributed by atoms with Crippen LogP contribution in [0.1, 0.15) is 31.6 Å². The highest BCUT2D eigenvalue weighted by molar-refractivity contribution is 5.93. The van der Waals surface area contributed by atoms with Gasteiger partial charge in [-0.05, 0) is 57.1 Å². The quantitative estimate of drug-likeness (QED) is 0.534. The number of hydrogen-bond acceptors (Lipinski definition) is 5. The van der Waals surface area contributed by atoms with Crippen LogP contribution in [-0.4, -0.2) is 51.3 Å². The van der Waals surface area contributed by atoms with E-state index in [1.54, 1.807) is 20.4 Å². The van der Waals surface area contributed by atoms with Crippen molar-refractivity contribution in [1.29, 1.82) is 0 Å². The summed E-state index contributed by atoms with van der Waals surface area (Å²) in [5, 5.41) is 6.75. The third-order valence-electron chi connectivity index (χ3n) is 4.87. The molecule has 3 rings (SSSR count). The van der Waals surface area contributed by atoms with E-state index in [1.165, 1.54) is 12.8 Å². The number of furan rings is 1. The van der Waals surface area contributed by atoms with E-state index < -0.39 is 0 Å². The molecule has 0 amide bonds. The number of benzene rings is 1. The lowest BCUT2D eigenvalue weighted by Crippen LogP contribution is -2.39. The first kappa shape index (κ1) is 20.1. The van der Waals surface area contributed by atoms with Crippen molar-refractivity contribution < 1.29 is 13.9 Å². The molecule has 0 spiro atoms. The van der Waals surface area contributed by atoms with Gasteiger partial charge in [0.1, 0.15) is 5.76 Å². The van der Waals surface area contributed by atoms with Crippen LogP contribution < -0.4 is 20.1 Å². The molecule has 1 aliphatic rings. The Morgan fingerprint density at radius 2 is 2.07 bits per heavy atom. The Bertz CT molecular complexity index is 755. The van der Waals surface area contributed by atoms with Crippen LogP contribution >= 0.6 is 0 Å². The molecule has 7 nitrogen and oxygen atoms in total. The fourth-order valence-corrected chi connectivity index (χ4v) is 3.48. The number of rotatable bonds is 8. The zero-order valence-electron chi connectivity index (χ0n) is 16.9. The number of methoxy groups -OCH3 is 1. The monoisotopic (exact) mass is 386 g/mol. The summed E-state index contributed by atoms with van der Waals surface area (Å²) in [7, 11) is 3.40. The Kier molecular flexibility index (Phi) is 7.19. The molecule has 1 unspecified atom stereocenters. The fourth-order valence-electron chi connectivity index (χ4n) is 3.48. The number of nitrogens with zero attached hydrogens (tertiary/aromatic N) is 2. The summed E-state index contributed by atoms with van der Waals surface area (Å²) in [5.74, 6) is 3.09. The molecule has 1 atom stereocenters. The summed E-state index contributed by atoms with van der Waals surface area (Å²) in [6.07, 6.45) is 4.20.